The summed E-state index contributed by atoms with van der Waals surface area (Å²) in [5.74, 6) is 1.72. The Morgan fingerprint density at radius 1 is 0.964 bits per heavy atom. The molecule has 3 rings (SSSR count). The summed E-state index contributed by atoms with van der Waals surface area (Å²) in [5.41, 5.74) is 2.09. The average Bonchev–Trinajstić information content (AvgIpc) is 2.77. The number of anilines is 1. The van der Waals surface area contributed by atoms with Crippen LogP contribution in [0.15, 0.2) is 48.5 Å². The van der Waals surface area contributed by atoms with Crippen LogP contribution in [0.4, 0.5) is 5.69 Å². The van der Waals surface area contributed by atoms with Crippen LogP contribution in [0.25, 0.3) is 0 Å². The van der Waals surface area contributed by atoms with E-state index in [9.17, 15) is 4.79 Å². The third-order valence-electron chi connectivity index (χ3n) is 5.31. The highest BCUT2D eigenvalue weighted by atomic mass is 16.5. The van der Waals surface area contributed by atoms with Gasteiger partial charge in [0, 0.05) is 38.3 Å². The van der Waals surface area contributed by atoms with Gasteiger partial charge < -0.3 is 19.7 Å². The van der Waals surface area contributed by atoms with Crippen molar-refractivity contribution in [1.29, 1.82) is 0 Å². The molecule has 1 aliphatic heterocycles. The fourth-order valence-electron chi connectivity index (χ4n) is 3.59. The van der Waals surface area contributed by atoms with Crippen molar-refractivity contribution in [1.82, 2.24) is 10.2 Å². The van der Waals surface area contributed by atoms with Crippen molar-refractivity contribution >= 4 is 11.6 Å². The van der Waals surface area contributed by atoms with Crippen LogP contribution in [0, 0.1) is 0 Å². The third-order valence-corrected chi connectivity index (χ3v) is 5.31. The topological polar surface area (TPSA) is 54.0 Å². The standard InChI is InChI=1S/C22H29N3O3/c1-17(22(26)23-16-18-8-4-6-10-20(18)27-2)24-12-14-25(15-13-24)19-9-5-7-11-21(19)28-3/h4-11,17H,12-16H2,1-3H3,(H,23,26). The Balaban J connectivity index is 1.53. The minimum Gasteiger partial charge on any atom is -0.496 e. The monoisotopic (exact) mass is 383 g/mol. The molecule has 1 heterocycles. The van der Waals surface area contributed by atoms with Crippen LogP contribution in [-0.2, 0) is 11.3 Å². The molecule has 1 unspecified atom stereocenters. The van der Waals surface area contributed by atoms with Gasteiger partial charge in [-0.15, -0.1) is 0 Å². The Morgan fingerprint density at radius 3 is 2.25 bits per heavy atom. The maximum Gasteiger partial charge on any atom is 0.237 e. The molecule has 1 aliphatic rings. The number of para-hydroxylation sites is 3. The maximum atomic E-state index is 12.6. The van der Waals surface area contributed by atoms with Crippen LogP contribution < -0.4 is 19.7 Å². The number of carbonyl (C=O) groups is 1. The first-order chi connectivity index (χ1) is 13.6. The Kier molecular flexibility index (Phi) is 6.76. The summed E-state index contributed by atoms with van der Waals surface area (Å²) >= 11 is 0. The molecule has 1 amide bonds. The van der Waals surface area contributed by atoms with E-state index in [-0.39, 0.29) is 11.9 Å². The maximum absolute atomic E-state index is 12.6. The molecule has 1 atom stereocenters. The zero-order valence-corrected chi connectivity index (χ0v) is 16.9. The second-order valence-corrected chi connectivity index (χ2v) is 6.90. The molecule has 0 aromatic heterocycles. The van der Waals surface area contributed by atoms with Crippen molar-refractivity contribution in [2.45, 2.75) is 19.5 Å². The second-order valence-electron chi connectivity index (χ2n) is 6.90. The van der Waals surface area contributed by atoms with Crippen molar-refractivity contribution < 1.29 is 14.3 Å². The van der Waals surface area contributed by atoms with E-state index in [1.807, 2.05) is 49.4 Å². The van der Waals surface area contributed by atoms with Crippen LogP contribution in [0.2, 0.25) is 0 Å². The van der Waals surface area contributed by atoms with E-state index in [1.54, 1.807) is 14.2 Å². The molecule has 0 bridgehead atoms. The molecule has 2 aromatic rings. The summed E-state index contributed by atoms with van der Waals surface area (Å²) in [6, 6.07) is 15.6. The molecule has 6 nitrogen and oxygen atoms in total. The zero-order chi connectivity index (χ0) is 19.9. The summed E-state index contributed by atoms with van der Waals surface area (Å²) in [4.78, 5) is 17.2. The van der Waals surface area contributed by atoms with E-state index in [1.165, 1.54) is 0 Å². The van der Waals surface area contributed by atoms with Crippen LogP contribution in [0.3, 0.4) is 0 Å². The molecule has 1 saturated heterocycles. The fourth-order valence-corrected chi connectivity index (χ4v) is 3.59. The van der Waals surface area contributed by atoms with Gasteiger partial charge in [0.2, 0.25) is 5.91 Å². The van der Waals surface area contributed by atoms with Gasteiger partial charge in [-0.2, -0.15) is 0 Å². The van der Waals surface area contributed by atoms with Gasteiger partial charge in [-0.3, -0.25) is 9.69 Å². The lowest BCUT2D eigenvalue weighted by molar-refractivity contribution is -0.126. The number of hydrogen-bond acceptors (Lipinski definition) is 5. The zero-order valence-electron chi connectivity index (χ0n) is 16.9. The molecule has 1 fully saturated rings. The first-order valence-corrected chi connectivity index (χ1v) is 9.65. The highest BCUT2D eigenvalue weighted by Crippen LogP contribution is 2.28. The van der Waals surface area contributed by atoms with E-state index < -0.39 is 0 Å². The smallest absolute Gasteiger partial charge is 0.237 e. The van der Waals surface area contributed by atoms with Gasteiger partial charge >= 0.3 is 0 Å². The highest BCUT2D eigenvalue weighted by molar-refractivity contribution is 5.81. The van der Waals surface area contributed by atoms with Gasteiger partial charge in [-0.25, -0.2) is 0 Å². The third kappa shape index (κ3) is 4.57. The predicted molar refractivity (Wildman–Crippen MR) is 111 cm³/mol. The van der Waals surface area contributed by atoms with Crippen molar-refractivity contribution in [3.8, 4) is 11.5 Å². The van der Waals surface area contributed by atoms with Crippen LogP contribution in [-0.4, -0.2) is 57.2 Å². The van der Waals surface area contributed by atoms with Crippen LogP contribution in [0.5, 0.6) is 11.5 Å². The molecule has 0 aliphatic carbocycles. The van der Waals surface area contributed by atoms with E-state index in [0.717, 1.165) is 48.9 Å². The van der Waals surface area contributed by atoms with Gasteiger partial charge in [0.1, 0.15) is 11.5 Å². The summed E-state index contributed by atoms with van der Waals surface area (Å²) in [7, 11) is 3.34. The Bertz CT molecular complexity index is 788. The van der Waals surface area contributed by atoms with E-state index >= 15 is 0 Å². The molecular formula is C22H29N3O3. The highest BCUT2D eigenvalue weighted by Gasteiger charge is 2.26. The van der Waals surface area contributed by atoms with Gasteiger partial charge in [0.15, 0.2) is 0 Å². The minimum absolute atomic E-state index is 0.0386. The lowest BCUT2D eigenvalue weighted by atomic mass is 10.1. The number of nitrogens with one attached hydrogen (secondary N) is 1. The van der Waals surface area contributed by atoms with Gasteiger partial charge in [-0.05, 0) is 25.1 Å². The SMILES string of the molecule is COc1ccccc1CNC(=O)C(C)N1CCN(c2ccccc2OC)CC1. The second kappa shape index (κ2) is 9.46. The lowest BCUT2D eigenvalue weighted by Crippen LogP contribution is -2.53. The summed E-state index contributed by atoms with van der Waals surface area (Å²) in [6.45, 7) is 5.84. The largest absolute Gasteiger partial charge is 0.496 e. The number of nitrogens with zero attached hydrogens (tertiary/aromatic N) is 2. The van der Waals surface area contributed by atoms with E-state index in [0.29, 0.717) is 6.54 Å². The molecule has 0 saturated carbocycles. The molecule has 1 N–H and O–H groups in total. The number of amides is 1. The van der Waals surface area contributed by atoms with Crippen molar-refractivity contribution in [3.63, 3.8) is 0 Å². The number of hydrogen-bond donors (Lipinski definition) is 1. The first kappa shape index (κ1) is 20.0. The number of carbonyl (C=O) groups excluding carboxylic acids is 1. The summed E-state index contributed by atoms with van der Waals surface area (Å²) in [6.07, 6.45) is 0. The summed E-state index contributed by atoms with van der Waals surface area (Å²) < 4.78 is 10.8. The van der Waals surface area contributed by atoms with Crippen LogP contribution >= 0.6 is 0 Å². The average molecular weight is 383 g/mol. The fraction of sp³-hybridized carbons (Fsp3) is 0.409. The normalized spacial score (nSPS) is 15.8. The number of methoxy groups -OCH3 is 2. The molecule has 0 spiro atoms. The van der Waals surface area contributed by atoms with Crippen molar-refractivity contribution in [2.75, 3.05) is 45.3 Å². The van der Waals surface area contributed by atoms with E-state index in [2.05, 4.69) is 21.2 Å². The number of rotatable bonds is 7. The summed E-state index contributed by atoms with van der Waals surface area (Å²) in [5, 5.41) is 3.04. The van der Waals surface area contributed by atoms with Crippen molar-refractivity contribution in [2.24, 2.45) is 0 Å². The van der Waals surface area contributed by atoms with E-state index in [4.69, 9.17) is 9.47 Å². The number of ether oxygens (including phenoxy) is 2. The van der Waals surface area contributed by atoms with Crippen molar-refractivity contribution in [3.05, 3.63) is 54.1 Å². The van der Waals surface area contributed by atoms with Gasteiger partial charge in [0.05, 0.1) is 25.9 Å². The first-order valence-electron chi connectivity index (χ1n) is 9.65. The Labute approximate surface area is 167 Å². The number of benzene rings is 2. The molecule has 28 heavy (non-hydrogen) atoms. The van der Waals surface area contributed by atoms with Gasteiger partial charge in [0.25, 0.3) is 0 Å². The lowest BCUT2D eigenvalue weighted by Gasteiger charge is -2.38. The number of piperazine rings is 1. The predicted octanol–water partition coefficient (Wildman–Crippen LogP) is 2.53. The van der Waals surface area contributed by atoms with Crippen LogP contribution in [0.1, 0.15) is 12.5 Å². The Morgan fingerprint density at radius 2 is 1.57 bits per heavy atom. The quantitative estimate of drug-likeness (QED) is 0.796. The molecule has 150 valence electrons. The molecule has 2 aromatic carbocycles. The minimum atomic E-state index is -0.172. The molecule has 0 radical (unpaired) electrons. The molecule has 6 heteroatoms. The Hall–Kier alpha value is -2.73. The molecular weight excluding hydrogens is 354 g/mol. The van der Waals surface area contributed by atoms with Gasteiger partial charge in [-0.1, -0.05) is 30.3 Å².